The summed E-state index contributed by atoms with van der Waals surface area (Å²) in [5.41, 5.74) is 2.99. The Morgan fingerprint density at radius 3 is 2.56 bits per heavy atom. The number of benzene rings is 1. The van der Waals surface area contributed by atoms with Gasteiger partial charge < -0.3 is 0 Å². The average molecular weight is 209 g/mol. The topological polar surface area (TPSA) is 47.0 Å². The molecule has 1 aromatic heterocycles. The van der Waals surface area contributed by atoms with Gasteiger partial charge in [0.05, 0.1) is 0 Å². The zero-order valence-corrected chi connectivity index (χ0v) is 8.31. The Labute approximate surface area is 91.8 Å². The van der Waals surface area contributed by atoms with Gasteiger partial charge in [-0.2, -0.15) is 0 Å². The van der Waals surface area contributed by atoms with Crippen LogP contribution < -0.4 is 0 Å². The summed E-state index contributed by atoms with van der Waals surface area (Å²) in [6.07, 6.45) is 2.25. The molecule has 3 heteroatoms. The highest BCUT2D eigenvalue weighted by Gasteiger charge is 2.29. The molecule has 0 radical (unpaired) electrons. The highest BCUT2D eigenvalue weighted by Crippen LogP contribution is 2.36. The van der Waals surface area contributed by atoms with E-state index < -0.39 is 0 Å². The minimum Gasteiger partial charge on any atom is -0.298 e. The number of hydrogen-bond donors (Lipinski definition) is 0. The van der Waals surface area contributed by atoms with Gasteiger partial charge in [0.15, 0.2) is 6.29 Å². The molecule has 3 nitrogen and oxygen atoms in total. The number of pyridine rings is 1. The molecule has 1 aliphatic carbocycles. The minimum absolute atomic E-state index is 0.102. The van der Waals surface area contributed by atoms with E-state index in [1.165, 1.54) is 6.20 Å². The molecule has 1 aromatic carbocycles. The van der Waals surface area contributed by atoms with E-state index in [1.807, 2.05) is 18.2 Å². The molecule has 1 heterocycles. The van der Waals surface area contributed by atoms with Crippen LogP contribution in [-0.2, 0) is 0 Å². The number of hydrogen-bond acceptors (Lipinski definition) is 3. The van der Waals surface area contributed by atoms with E-state index in [-0.39, 0.29) is 5.78 Å². The Bertz CT molecular complexity index is 617. The molecule has 3 rings (SSSR count). The van der Waals surface area contributed by atoms with Crippen molar-refractivity contribution < 1.29 is 9.59 Å². The van der Waals surface area contributed by atoms with Crippen LogP contribution in [0, 0.1) is 0 Å². The monoisotopic (exact) mass is 209 g/mol. The largest absolute Gasteiger partial charge is 0.298 e. The normalized spacial score (nSPS) is 12.1. The molecule has 0 unspecified atom stereocenters. The standard InChI is InChI=1S/C13H7NO2/c15-7-8-5-6-14-12-11(8)9-3-1-2-4-10(9)13(12)16/h1-7H. The molecule has 0 saturated heterocycles. The Balaban J connectivity index is 2.44. The number of aromatic nitrogens is 1. The summed E-state index contributed by atoms with van der Waals surface area (Å²) in [6, 6.07) is 8.88. The maximum Gasteiger partial charge on any atom is 0.212 e. The van der Waals surface area contributed by atoms with Crippen molar-refractivity contribution in [1.29, 1.82) is 0 Å². The number of nitrogens with zero attached hydrogens (tertiary/aromatic N) is 1. The first-order chi connectivity index (χ1) is 7.83. The van der Waals surface area contributed by atoms with Crippen molar-refractivity contribution in [2.45, 2.75) is 0 Å². The third-order valence-electron chi connectivity index (χ3n) is 2.77. The van der Waals surface area contributed by atoms with E-state index in [4.69, 9.17) is 0 Å². The van der Waals surface area contributed by atoms with Crippen LogP contribution in [0.4, 0.5) is 0 Å². The van der Waals surface area contributed by atoms with Gasteiger partial charge in [-0.15, -0.1) is 0 Å². The molecule has 0 spiro atoms. The molecule has 0 saturated carbocycles. The highest BCUT2D eigenvalue weighted by molar-refractivity contribution is 6.22. The molecule has 0 aliphatic heterocycles. The summed E-state index contributed by atoms with van der Waals surface area (Å²) < 4.78 is 0. The van der Waals surface area contributed by atoms with Gasteiger partial charge in [0.1, 0.15) is 5.69 Å². The zero-order chi connectivity index (χ0) is 11.1. The first-order valence-corrected chi connectivity index (χ1v) is 4.91. The molecule has 0 bridgehead atoms. The van der Waals surface area contributed by atoms with Crippen LogP contribution in [0.25, 0.3) is 11.1 Å². The fourth-order valence-electron chi connectivity index (χ4n) is 2.06. The summed E-state index contributed by atoms with van der Waals surface area (Å²) >= 11 is 0. The summed E-state index contributed by atoms with van der Waals surface area (Å²) in [5.74, 6) is -0.102. The van der Waals surface area contributed by atoms with Crippen molar-refractivity contribution in [3.05, 3.63) is 53.3 Å². The van der Waals surface area contributed by atoms with Crippen molar-refractivity contribution in [1.82, 2.24) is 4.98 Å². The molecule has 1 aliphatic rings. The first kappa shape index (κ1) is 8.97. The van der Waals surface area contributed by atoms with Gasteiger partial charge in [-0.3, -0.25) is 14.6 Å². The molecule has 2 aromatic rings. The summed E-state index contributed by atoms with van der Waals surface area (Å²) in [7, 11) is 0. The molecule has 0 fully saturated rings. The number of carbonyl (C=O) groups is 2. The predicted octanol–water partition coefficient (Wildman–Crippen LogP) is 2.11. The van der Waals surface area contributed by atoms with Crippen molar-refractivity contribution >= 4 is 12.1 Å². The fourth-order valence-corrected chi connectivity index (χ4v) is 2.06. The third-order valence-corrected chi connectivity index (χ3v) is 2.77. The number of rotatable bonds is 1. The molecule has 0 atom stereocenters. The number of ketones is 1. The van der Waals surface area contributed by atoms with Crippen LogP contribution in [0.15, 0.2) is 36.5 Å². The second-order valence-electron chi connectivity index (χ2n) is 3.62. The summed E-state index contributed by atoms with van der Waals surface area (Å²) in [6.45, 7) is 0. The Kier molecular flexibility index (Phi) is 1.74. The summed E-state index contributed by atoms with van der Waals surface area (Å²) in [5, 5.41) is 0. The highest BCUT2D eigenvalue weighted by atomic mass is 16.1. The SMILES string of the molecule is O=Cc1ccnc2c1-c1ccccc1C2=O. The average Bonchev–Trinajstić information content (AvgIpc) is 2.64. The molecule has 76 valence electrons. The van der Waals surface area contributed by atoms with Crippen molar-refractivity contribution in [3.8, 4) is 11.1 Å². The maximum absolute atomic E-state index is 12.0. The summed E-state index contributed by atoms with van der Waals surface area (Å²) in [4.78, 5) is 27.0. The lowest BCUT2D eigenvalue weighted by Crippen LogP contribution is -1.98. The second kappa shape index (κ2) is 3.10. The maximum atomic E-state index is 12.0. The van der Waals surface area contributed by atoms with Crippen LogP contribution in [0.3, 0.4) is 0 Å². The van der Waals surface area contributed by atoms with Crippen LogP contribution in [0.5, 0.6) is 0 Å². The van der Waals surface area contributed by atoms with Crippen molar-refractivity contribution in [2.24, 2.45) is 0 Å². The lowest BCUT2D eigenvalue weighted by molar-refractivity contribution is 0.103. The molecule has 0 amide bonds. The zero-order valence-electron chi connectivity index (χ0n) is 8.31. The third kappa shape index (κ3) is 0.997. The van der Waals surface area contributed by atoms with Gasteiger partial charge in [-0.1, -0.05) is 24.3 Å². The number of aldehydes is 1. The van der Waals surface area contributed by atoms with E-state index in [2.05, 4.69) is 4.98 Å². The van der Waals surface area contributed by atoms with Crippen LogP contribution in [0.2, 0.25) is 0 Å². The van der Waals surface area contributed by atoms with Gasteiger partial charge in [0.2, 0.25) is 5.78 Å². The van der Waals surface area contributed by atoms with Crippen LogP contribution in [0.1, 0.15) is 26.4 Å². The van der Waals surface area contributed by atoms with E-state index >= 15 is 0 Å². The fraction of sp³-hybridized carbons (Fsp3) is 0. The molecular formula is C13H7NO2. The van der Waals surface area contributed by atoms with Gasteiger partial charge in [0.25, 0.3) is 0 Å². The van der Waals surface area contributed by atoms with E-state index in [0.29, 0.717) is 22.4 Å². The van der Waals surface area contributed by atoms with Gasteiger partial charge >= 0.3 is 0 Å². The van der Waals surface area contributed by atoms with Crippen molar-refractivity contribution in [2.75, 3.05) is 0 Å². The van der Waals surface area contributed by atoms with Gasteiger partial charge in [-0.05, 0) is 11.6 Å². The number of carbonyl (C=O) groups excluding carboxylic acids is 2. The minimum atomic E-state index is -0.102. The smallest absolute Gasteiger partial charge is 0.212 e. The van der Waals surface area contributed by atoms with Crippen molar-refractivity contribution in [3.63, 3.8) is 0 Å². The van der Waals surface area contributed by atoms with Crippen LogP contribution in [-0.4, -0.2) is 17.1 Å². The molecular weight excluding hydrogens is 202 g/mol. The lowest BCUT2D eigenvalue weighted by atomic mass is 10.0. The predicted molar refractivity (Wildman–Crippen MR) is 58.5 cm³/mol. The first-order valence-electron chi connectivity index (χ1n) is 4.91. The van der Waals surface area contributed by atoms with E-state index in [9.17, 15) is 9.59 Å². The van der Waals surface area contributed by atoms with E-state index in [0.717, 1.165) is 11.8 Å². The Morgan fingerprint density at radius 2 is 1.81 bits per heavy atom. The quantitative estimate of drug-likeness (QED) is 0.576. The molecule has 16 heavy (non-hydrogen) atoms. The van der Waals surface area contributed by atoms with Crippen LogP contribution >= 0.6 is 0 Å². The second-order valence-corrected chi connectivity index (χ2v) is 3.62. The van der Waals surface area contributed by atoms with Gasteiger partial charge in [0, 0.05) is 22.9 Å². The van der Waals surface area contributed by atoms with Gasteiger partial charge in [-0.25, -0.2) is 0 Å². The molecule has 0 N–H and O–H groups in total. The number of fused-ring (bicyclic) bond motifs is 3. The Morgan fingerprint density at radius 1 is 1.06 bits per heavy atom. The lowest BCUT2D eigenvalue weighted by Gasteiger charge is -2.01. The van der Waals surface area contributed by atoms with E-state index in [1.54, 1.807) is 12.1 Å². The Hall–Kier alpha value is -2.29.